The molecule has 0 aliphatic heterocycles. The molecule has 0 radical (unpaired) electrons. The minimum atomic E-state index is -0.460. The SMILES string of the molecule is CC(=O)NCCCCCN(CCCCCNC=O)C(=O)C(C)(CCCCN)CCCCNC(=O)C(C)(C)C. The van der Waals surface area contributed by atoms with Crippen LogP contribution < -0.4 is 21.7 Å². The fourth-order valence-corrected chi connectivity index (χ4v) is 4.44. The van der Waals surface area contributed by atoms with Crippen molar-refractivity contribution in [3.8, 4) is 0 Å². The van der Waals surface area contributed by atoms with Gasteiger partial charge in [0.25, 0.3) is 0 Å². The monoisotopic (exact) mass is 539 g/mol. The van der Waals surface area contributed by atoms with E-state index in [9.17, 15) is 19.2 Å². The van der Waals surface area contributed by atoms with Crippen LogP contribution in [0.4, 0.5) is 0 Å². The highest BCUT2D eigenvalue weighted by Gasteiger charge is 2.35. The fourth-order valence-electron chi connectivity index (χ4n) is 4.44. The first-order valence-electron chi connectivity index (χ1n) is 14.7. The quantitative estimate of drug-likeness (QED) is 0.116. The molecular weight excluding hydrogens is 482 g/mol. The Hall–Kier alpha value is -2.16. The van der Waals surface area contributed by atoms with Crippen molar-refractivity contribution in [2.45, 2.75) is 112 Å². The predicted octanol–water partition coefficient (Wildman–Crippen LogP) is 3.51. The number of rotatable bonds is 23. The van der Waals surface area contributed by atoms with Gasteiger partial charge in [-0.15, -0.1) is 0 Å². The highest BCUT2D eigenvalue weighted by atomic mass is 16.2. The van der Waals surface area contributed by atoms with Gasteiger partial charge < -0.3 is 26.6 Å². The maximum absolute atomic E-state index is 13.9. The third-order valence-corrected chi connectivity index (χ3v) is 6.92. The van der Waals surface area contributed by atoms with Crippen molar-refractivity contribution in [2.24, 2.45) is 16.6 Å². The predicted molar refractivity (Wildman–Crippen MR) is 154 cm³/mol. The average Bonchev–Trinajstić information content (AvgIpc) is 2.85. The molecule has 9 nitrogen and oxygen atoms in total. The Morgan fingerprint density at radius 1 is 0.737 bits per heavy atom. The molecule has 0 saturated heterocycles. The largest absolute Gasteiger partial charge is 0.359 e. The number of carbonyl (C=O) groups is 4. The molecule has 0 aromatic rings. The standard InChI is InChI=1S/C29H57N5O4/c1-25(36)32-20-12-7-15-23-34(22-14-6-11-19-31-24-35)27(38)29(5,16-8-10-18-30)17-9-13-21-33-26(37)28(2,3)4/h24H,6-23,30H2,1-5H3,(H,31,35)(H,32,36)(H,33,37). The zero-order chi connectivity index (χ0) is 28.9. The van der Waals surface area contributed by atoms with E-state index in [0.29, 0.717) is 39.3 Å². The summed E-state index contributed by atoms with van der Waals surface area (Å²) in [7, 11) is 0. The molecule has 0 bridgehead atoms. The van der Waals surface area contributed by atoms with Crippen molar-refractivity contribution >= 4 is 24.1 Å². The summed E-state index contributed by atoms with van der Waals surface area (Å²) in [6, 6.07) is 0. The van der Waals surface area contributed by atoms with E-state index < -0.39 is 10.8 Å². The second-order valence-corrected chi connectivity index (χ2v) is 11.7. The summed E-state index contributed by atoms with van der Waals surface area (Å²) in [5.74, 6) is 0.241. The highest BCUT2D eigenvalue weighted by molar-refractivity contribution is 5.82. The molecule has 0 aromatic heterocycles. The van der Waals surface area contributed by atoms with Gasteiger partial charge in [0, 0.05) is 50.5 Å². The molecule has 38 heavy (non-hydrogen) atoms. The molecule has 0 aliphatic rings. The van der Waals surface area contributed by atoms with Crippen LogP contribution in [0.25, 0.3) is 0 Å². The Bertz CT molecular complexity index is 680. The number of nitrogens with two attached hydrogens (primary N) is 1. The molecule has 0 rings (SSSR count). The van der Waals surface area contributed by atoms with E-state index in [0.717, 1.165) is 83.5 Å². The third-order valence-electron chi connectivity index (χ3n) is 6.92. The van der Waals surface area contributed by atoms with Crippen LogP contribution in [0.5, 0.6) is 0 Å². The minimum absolute atomic E-state index is 0.0166. The smallest absolute Gasteiger partial charge is 0.228 e. The van der Waals surface area contributed by atoms with Gasteiger partial charge in [-0.2, -0.15) is 0 Å². The number of carbonyl (C=O) groups excluding carboxylic acids is 4. The Morgan fingerprint density at radius 2 is 1.26 bits per heavy atom. The Labute approximate surface area is 231 Å². The Kier molecular flexibility index (Phi) is 19.6. The van der Waals surface area contributed by atoms with Crippen LogP contribution in [0.1, 0.15) is 112 Å². The van der Waals surface area contributed by atoms with Crippen LogP contribution in [0.2, 0.25) is 0 Å². The van der Waals surface area contributed by atoms with Crippen LogP contribution in [0.3, 0.4) is 0 Å². The first-order valence-corrected chi connectivity index (χ1v) is 14.7. The van der Waals surface area contributed by atoms with Gasteiger partial charge in [0.1, 0.15) is 0 Å². The van der Waals surface area contributed by atoms with Crippen LogP contribution >= 0.6 is 0 Å². The van der Waals surface area contributed by atoms with E-state index in [2.05, 4.69) is 22.9 Å². The van der Waals surface area contributed by atoms with Crippen molar-refractivity contribution in [3.05, 3.63) is 0 Å². The van der Waals surface area contributed by atoms with Gasteiger partial charge in [-0.3, -0.25) is 19.2 Å². The molecule has 0 heterocycles. The number of hydrogen-bond donors (Lipinski definition) is 4. The summed E-state index contributed by atoms with van der Waals surface area (Å²) < 4.78 is 0. The van der Waals surface area contributed by atoms with Crippen LogP contribution in [0.15, 0.2) is 0 Å². The maximum Gasteiger partial charge on any atom is 0.228 e. The highest BCUT2D eigenvalue weighted by Crippen LogP contribution is 2.33. The lowest BCUT2D eigenvalue weighted by atomic mass is 9.78. The van der Waals surface area contributed by atoms with E-state index in [-0.39, 0.29) is 17.7 Å². The molecular formula is C29H57N5O4. The van der Waals surface area contributed by atoms with E-state index in [1.807, 2.05) is 25.7 Å². The molecule has 1 atom stereocenters. The molecule has 0 fully saturated rings. The lowest BCUT2D eigenvalue weighted by Crippen LogP contribution is -2.44. The molecule has 4 amide bonds. The van der Waals surface area contributed by atoms with Gasteiger partial charge in [-0.05, 0) is 70.8 Å². The number of hydrogen-bond acceptors (Lipinski definition) is 5. The molecule has 0 aliphatic carbocycles. The van der Waals surface area contributed by atoms with E-state index in [1.54, 1.807) is 0 Å². The third kappa shape index (κ3) is 17.4. The second kappa shape index (κ2) is 20.8. The minimum Gasteiger partial charge on any atom is -0.359 e. The molecule has 0 aromatic carbocycles. The lowest BCUT2D eigenvalue weighted by Gasteiger charge is -2.35. The number of unbranched alkanes of at least 4 members (excludes halogenated alkanes) is 6. The van der Waals surface area contributed by atoms with Crippen molar-refractivity contribution in [3.63, 3.8) is 0 Å². The first-order chi connectivity index (χ1) is 18.0. The van der Waals surface area contributed by atoms with Crippen molar-refractivity contribution in [1.29, 1.82) is 0 Å². The maximum atomic E-state index is 13.9. The normalized spacial score (nSPS) is 12.9. The summed E-state index contributed by atoms with van der Waals surface area (Å²) in [6.07, 6.45) is 11.3. The summed E-state index contributed by atoms with van der Waals surface area (Å²) in [4.78, 5) is 49.7. The summed E-state index contributed by atoms with van der Waals surface area (Å²) in [6.45, 7) is 13.3. The second-order valence-electron chi connectivity index (χ2n) is 11.7. The lowest BCUT2D eigenvalue weighted by molar-refractivity contribution is -0.142. The average molecular weight is 540 g/mol. The molecule has 0 spiro atoms. The molecule has 0 saturated carbocycles. The van der Waals surface area contributed by atoms with E-state index in [4.69, 9.17) is 5.73 Å². The van der Waals surface area contributed by atoms with E-state index in [1.165, 1.54) is 6.92 Å². The van der Waals surface area contributed by atoms with Crippen molar-refractivity contribution in [2.75, 3.05) is 39.3 Å². The summed E-state index contributed by atoms with van der Waals surface area (Å²) in [5, 5.41) is 8.53. The molecule has 222 valence electrons. The Balaban J connectivity index is 5.12. The Morgan fingerprint density at radius 3 is 1.79 bits per heavy atom. The topological polar surface area (TPSA) is 134 Å². The van der Waals surface area contributed by atoms with Crippen LogP contribution in [-0.2, 0) is 19.2 Å². The molecule has 1 unspecified atom stereocenters. The number of nitrogens with one attached hydrogen (secondary N) is 3. The molecule has 5 N–H and O–H groups in total. The van der Waals surface area contributed by atoms with Gasteiger partial charge in [0.05, 0.1) is 0 Å². The van der Waals surface area contributed by atoms with Crippen LogP contribution in [0, 0.1) is 10.8 Å². The van der Waals surface area contributed by atoms with Gasteiger partial charge in [0.2, 0.25) is 24.1 Å². The van der Waals surface area contributed by atoms with Crippen LogP contribution in [-0.4, -0.2) is 68.3 Å². The first kappa shape index (κ1) is 35.8. The summed E-state index contributed by atoms with van der Waals surface area (Å²) >= 11 is 0. The van der Waals surface area contributed by atoms with Gasteiger partial charge >= 0.3 is 0 Å². The van der Waals surface area contributed by atoms with Crippen molar-refractivity contribution in [1.82, 2.24) is 20.9 Å². The van der Waals surface area contributed by atoms with Gasteiger partial charge in [0.15, 0.2) is 0 Å². The van der Waals surface area contributed by atoms with Crippen molar-refractivity contribution < 1.29 is 19.2 Å². The van der Waals surface area contributed by atoms with Gasteiger partial charge in [-0.1, -0.05) is 40.5 Å². The number of amides is 4. The summed E-state index contributed by atoms with van der Waals surface area (Å²) in [5.41, 5.74) is 4.88. The molecule has 9 heteroatoms. The fraction of sp³-hybridized carbons (Fsp3) is 0.862. The van der Waals surface area contributed by atoms with Gasteiger partial charge in [-0.25, -0.2) is 0 Å². The van der Waals surface area contributed by atoms with E-state index >= 15 is 0 Å². The zero-order valence-electron chi connectivity index (χ0n) is 25.0. The zero-order valence-corrected chi connectivity index (χ0v) is 25.0. The number of nitrogens with zero attached hydrogens (tertiary/aromatic N) is 1.